The van der Waals surface area contributed by atoms with Crippen LogP contribution >= 0.6 is 0 Å². The van der Waals surface area contributed by atoms with Crippen molar-refractivity contribution in [2.45, 2.75) is 46.0 Å². The Labute approximate surface area is 87.2 Å². The number of hydrogen-bond donors (Lipinski definition) is 1. The lowest BCUT2D eigenvalue weighted by Gasteiger charge is -2.56. The van der Waals surface area contributed by atoms with Crippen LogP contribution in [0.5, 0.6) is 0 Å². The van der Waals surface area contributed by atoms with Gasteiger partial charge in [-0.3, -0.25) is 0 Å². The number of rotatable bonds is 4. The monoisotopic (exact) mass is 194 g/mol. The topological polar surface area (TPSA) is 20.2 Å². The van der Waals surface area contributed by atoms with Crippen molar-refractivity contribution < 1.29 is 5.11 Å². The first-order chi connectivity index (χ1) is 6.66. The average molecular weight is 194 g/mol. The lowest BCUT2D eigenvalue weighted by molar-refractivity contribution is -0.00846. The van der Waals surface area contributed by atoms with Crippen molar-refractivity contribution in [1.29, 1.82) is 0 Å². The summed E-state index contributed by atoms with van der Waals surface area (Å²) < 4.78 is 0. The zero-order chi connectivity index (χ0) is 10.2. The van der Waals surface area contributed by atoms with Crippen LogP contribution in [0.4, 0.5) is 0 Å². The van der Waals surface area contributed by atoms with Gasteiger partial charge in [-0.25, -0.2) is 0 Å². The van der Waals surface area contributed by atoms with Crippen LogP contribution in [0.25, 0.3) is 0 Å². The minimum Gasteiger partial charge on any atom is -0.396 e. The Kier molecular flexibility index (Phi) is 2.70. The Morgan fingerprint density at radius 3 is 2.79 bits per heavy atom. The van der Waals surface area contributed by atoms with E-state index in [1.165, 1.54) is 25.7 Å². The molecule has 0 aromatic heterocycles. The Hall–Kier alpha value is -0.300. The highest BCUT2D eigenvalue weighted by molar-refractivity contribution is 5.23. The number of hydrogen-bond acceptors (Lipinski definition) is 1. The molecule has 0 amide bonds. The molecule has 3 aliphatic carbocycles. The standard InChI is InChI=1S/C13H22O/c1-13(2)11-7-6-10(12(13)9-11)5-3-4-8-14/h6,11-12,14H,3-5,7-9H2,1-2H3. The first-order valence-electron chi connectivity index (χ1n) is 5.96. The molecule has 80 valence electrons. The van der Waals surface area contributed by atoms with Gasteiger partial charge in [0, 0.05) is 6.61 Å². The molecule has 3 aliphatic rings. The van der Waals surface area contributed by atoms with Gasteiger partial charge in [0.15, 0.2) is 0 Å². The summed E-state index contributed by atoms with van der Waals surface area (Å²) in [6.45, 7) is 5.19. The summed E-state index contributed by atoms with van der Waals surface area (Å²) in [6.07, 6.45) is 8.56. The van der Waals surface area contributed by atoms with Crippen molar-refractivity contribution in [3.63, 3.8) is 0 Å². The third kappa shape index (κ3) is 1.52. The third-order valence-corrected chi connectivity index (χ3v) is 4.46. The second-order valence-electron chi connectivity index (χ2n) is 5.50. The minimum atomic E-state index is 0.351. The summed E-state index contributed by atoms with van der Waals surface area (Å²) in [5.74, 6) is 1.81. The van der Waals surface area contributed by atoms with Crippen molar-refractivity contribution in [2.24, 2.45) is 17.3 Å². The fraction of sp³-hybridized carbons (Fsp3) is 0.846. The van der Waals surface area contributed by atoms with E-state index in [1.54, 1.807) is 5.57 Å². The van der Waals surface area contributed by atoms with Crippen LogP contribution in [-0.2, 0) is 0 Å². The van der Waals surface area contributed by atoms with Crippen LogP contribution in [0.1, 0.15) is 46.0 Å². The molecule has 2 unspecified atom stereocenters. The second kappa shape index (κ2) is 3.69. The zero-order valence-corrected chi connectivity index (χ0v) is 9.42. The SMILES string of the molecule is CC1(C)C2CC=C(CCCCO)C1C2. The van der Waals surface area contributed by atoms with Crippen molar-refractivity contribution in [3.8, 4) is 0 Å². The van der Waals surface area contributed by atoms with Gasteiger partial charge in [-0.1, -0.05) is 25.5 Å². The van der Waals surface area contributed by atoms with E-state index in [0.29, 0.717) is 12.0 Å². The third-order valence-electron chi connectivity index (χ3n) is 4.46. The van der Waals surface area contributed by atoms with E-state index in [-0.39, 0.29) is 0 Å². The highest BCUT2D eigenvalue weighted by Crippen LogP contribution is 2.59. The van der Waals surface area contributed by atoms with Gasteiger partial charge >= 0.3 is 0 Å². The van der Waals surface area contributed by atoms with Crippen LogP contribution in [0.15, 0.2) is 11.6 Å². The Balaban J connectivity index is 1.91. The summed E-state index contributed by atoms with van der Waals surface area (Å²) in [5, 5.41) is 8.75. The Morgan fingerprint density at radius 1 is 1.43 bits per heavy atom. The van der Waals surface area contributed by atoms with E-state index in [1.807, 2.05) is 0 Å². The second-order valence-corrected chi connectivity index (χ2v) is 5.50. The molecule has 2 atom stereocenters. The highest BCUT2D eigenvalue weighted by atomic mass is 16.2. The molecule has 0 saturated heterocycles. The summed E-state index contributed by atoms with van der Waals surface area (Å²) in [6, 6.07) is 0. The minimum absolute atomic E-state index is 0.351. The quantitative estimate of drug-likeness (QED) is 0.538. The number of allylic oxidation sites excluding steroid dienone is 2. The number of aliphatic hydroxyl groups is 1. The molecule has 0 heterocycles. The largest absolute Gasteiger partial charge is 0.396 e. The lowest BCUT2D eigenvalue weighted by Crippen LogP contribution is -2.47. The fourth-order valence-corrected chi connectivity index (χ4v) is 3.20. The average Bonchev–Trinajstić information content (AvgIpc) is 2.18. The molecule has 1 saturated carbocycles. The lowest BCUT2D eigenvalue weighted by atomic mass is 9.48. The zero-order valence-electron chi connectivity index (χ0n) is 9.42. The molecular formula is C13H22O. The van der Waals surface area contributed by atoms with Gasteiger partial charge < -0.3 is 5.11 Å². The van der Waals surface area contributed by atoms with Gasteiger partial charge in [-0.2, -0.15) is 0 Å². The first kappa shape index (κ1) is 10.2. The summed E-state index contributed by atoms with van der Waals surface area (Å²) in [4.78, 5) is 0. The van der Waals surface area contributed by atoms with Crippen molar-refractivity contribution in [3.05, 3.63) is 11.6 Å². The molecule has 0 aromatic carbocycles. The van der Waals surface area contributed by atoms with Crippen LogP contribution in [0.3, 0.4) is 0 Å². The molecule has 0 aromatic rings. The van der Waals surface area contributed by atoms with Crippen molar-refractivity contribution in [1.82, 2.24) is 0 Å². The van der Waals surface area contributed by atoms with Crippen LogP contribution in [0.2, 0.25) is 0 Å². The highest BCUT2D eigenvalue weighted by Gasteiger charge is 2.50. The number of fused-ring (bicyclic) bond motifs is 1. The molecule has 0 radical (unpaired) electrons. The fourth-order valence-electron chi connectivity index (χ4n) is 3.20. The van der Waals surface area contributed by atoms with E-state index < -0.39 is 0 Å². The normalized spacial score (nSPS) is 33.5. The van der Waals surface area contributed by atoms with E-state index >= 15 is 0 Å². The maximum atomic E-state index is 8.75. The molecule has 1 fully saturated rings. The number of unbranched alkanes of at least 4 members (excludes halogenated alkanes) is 1. The smallest absolute Gasteiger partial charge is 0.0431 e. The molecule has 1 nitrogen and oxygen atoms in total. The molecule has 2 bridgehead atoms. The van der Waals surface area contributed by atoms with E-state index in [2.05, 4.69) is 19.9 Å². The van der Waals surface area contributed by atoms with Gasteiger partial charge in [0.05, 0.1) is 0 Å². The summed E-state index contributed by atoms with van der Waals surface area (Å²) >= 11 is 0. The molecular weight excluding hydrogens is 172 g/mol. The van der Waals surface area contributed by atoms with Crippen molar-refractivity contribution in [2.75, 3.05) is 6.61 Å². The molecule has 1 N–H and O–H groups in total. The van der Waals surface area contributed by atoms with Crippen molar-refractivity contribution >= 4 is 0 Å². The van der Waals surface area contributed by atoms with E-state index in [4.69, 9.17) is 5.11 Å². The summed E-state index contributed by atoms with van der Waals surface area (Å²) in [5.41, 5.74) is 2.26. The van der Waals surface area contributed by atoms with Gasteiger partial charge in [-0.15, -0.1) is 0 Å². The van der Waals surface area contributed by atoms with Crippen LogP contribution in [-0.4, -0.2) is 11.7 Å². The Morgan fingerprint density at radius 2 is 2.21 bits per heavy atom. The predicted molar refractivity (Wildman–Crippen MR) is 59.0 cm³/mol. The maximum absolute atomic E-state index is 8.75. The van der Waals surface area contributed by atoms with Gasteiger partial charge in [0.25, 0.3) is 0 Å². The van der Waals surface area contributed by atoms with E-state index in [0.717, 1.165) is 18.3 Å². The first-order valence-corrected chi connectivity index (χ1v) is 5.96. The van der Waals surface area contributed by atoms with E-state index in [9.17, 15) is 0 Å². The molecule has 0 spiro atoms. The van der Waals surface area contributed by atoms with Crippen LogP contribution in [0, 0.1) is 17.3 Å². The van der Waals surface area contributed by atoms with Gasteiger partial charge in [-0.05, 0) is 49.4 Å². The predicted octanol–water partition coefficient (Wildman–Crippen LogP) is 3.14. The number of aliphatic hydroxyl groups excluding tert-OH is 1. The molecule has 3 rings (SSSR count). The van der Waals surface area contributed by atoms with Crippen LogP contribution < -0.4 is 0 Å². The van der Waals surface area contributed by atoms with Gasteiger partial charge in [0.1, 0.15) is 0 Å². The Bertz CT molecular complexity index is 240. The summed E-state index contributed by atoms with van der Waals surface area (Å²) in [7, 11) is 0. The molecule has 1 heteroatoms. The molecule has 14 heavy (non-hydrogen) atoms. The molecule has 0 aliphatic heterocycles. The van der Waals surface area contributed by atoms with Gasteiger partial charge in [0.2, 0.25) is 0 Å². The maximum Gasteiger partial charge on any atom is 0.0431 e.